The average molecular weight is 410 g/mol. The number of rotatable bonds is 7. The molecule has 0 aliphatic carbocycles. The van der Waals surface area contributed by atoms with Gasteiger partial charge in [0.2, 0.25) is 0 Å². The van der Waals surface area contributed by atoms with Crippen LogP contribution in [0.4, 0.5) is 5.69 Å². The van der Waals surface area contributed by atoms with Gasteiger partial charge in [0, 0.05) is 17.4 Å². The lowest BCUT2D eigenvalue weighted by Crippen LogP contribution is -2.27. The van der Waals surface area contributed by atoms with Gasteiger partial charge in [-0.25, -0.2) is 0 Å². The molecular weight excluding hydrogens is 390 g/mol. The maximum atomic E-state index is 8.94. The fourth-order valence-electron chi connectivity index (χ4n) is 3.58. The van der Waals surface area contributed by atoms with E-state index in [4.69, 9.17) is 15.3 Å². The van der Waals surface area contributed by atoms with E-state index in [1.165, 1.54) is 11.1 Å². The number of fused-ring (bicyclic) bond motifs is 1. The van der Waals surface area contributed by atoms with Crippen molar-refractivity contribution in [2.45, 2.75) is 31.7 Å². The van der Waals surface area contributed by atoms with Crippen molar-refractivity contribution in [1.29, 1.82) is 10.5 Å². The molecule has 4 nitrogen and oxygen atoms in total. The van der Waals surface area contributed by atoms with Crippen LogP contribution in [0.5, 0.6) is 5.75 Å². The SMILES string of the molecule is N#CCCCC(c1cccc(Br)c1)N1CCc2cccc(OCC#N)c21. The molecule has 0 saturated carbocycles. The number of nitrogens with zero attached hydrogens (tertiary/aromatic N) is 3. The molecule has 1 atom stereocenters. The van der Waals surface area contributed by atoms with Crippen molar-refractivity contribution in [2.24, 2.45) is 0 Å². The number of anilines is 1. The third-order valence-electron chi connectivity index (χ3n) is 4.66. The van der Waals surface area contributed by atoms with E-state index in [0.29, 0.717) is 6.42 Å². The van der Waals surface area contributed by atoms with Gasteiger partial charge in [0.1, 0.15) is 11.8 Å². The van der Waals surface area contributed by atoms with Gasteiger partial charge >= 0.3 is 0 Å². The minimum atomic E-state index is 0.0419. The van der Waals surface area contributed by atoms with E-state index in [1.54, 1.807) is 0 Å². The Hall–Kier alpha value is -2.50. The van der Waals surface area contributed by atoms with Crippen LogP contribution in [0, 0.1) is 22.7 Å². The number of halogens is 1. The summed E-state index contributed by atoms with van der Waals surface area (Å²) in [5.41, 5.74) is 3.56. The molecule has 0 amide bonds. The number of benzene rings is 2. The minimum Gasteiger partial charge on any atom is -0.477 e. The Morgan fingerprint density at radius 1 is 1.15 bits per heavy atom. The number of nitriles is 2. The molecule has 0 bridgehead atoms. The summed E-state index contributed by atoms with van der Waals surface area (Å²) in [6, 6.07) is 18.9. The lowest BCUT2D eigenvalue weighted by molar-refractivity contribution is 0.367. The van der Waals surface area contributed by atoms with Crippen LogP contribution in [0.1, 0.15) is 36.4 Å². The number of hydrogen-bond acceptors (Lipinski definition) is 4. The zero-order valence-corrected chi connectivity index (χ0v) is 16.1. The summed E-state index contributed by atoms with van der Waals surface area (Å²) in [5, 5.41) is 17.8. The van der Waals surface area contributed by atoms with Gasteiger partial charge in [-0.05, 0) is 48.6 Å². The van der Waals surface area contributed by atoms with Crippen LogP contribution >= 0.6 is 15.9 Å². The predicted molar refractivity (Wildman–Crippen MR) is 105 cm³/mol. The normalized spacial score (nSPS) is 13.6. The fourth-order valence-corrected chi connectivity index (χ4v) is 3.99. The first kappa shape index (κ1) is 18.3. The van der Waals surface area contributed by atoms with Crippen LogP contribution in [-0.4, -0.2) is 13.2 Å². The highest BCUT2D eigenvalue weighted by molar-refractivity contribution is 9.10. The summed E-state index contributed by atoms with van der Waals surface area (Å²) in [7, 11) is 0. The highest BCUT2D eigenvalue weighted by Gasteiger charge is 2.30. The number of ether oxygens (including phenoxy) is 1. The number of unbranched alkanes of at least 4 members (excludes halogenated alkanes) is 1. The van der Waals surface area contributed by atoms with Crippen molar-refractivity contribution in [3.63, 3.8) is 0 Å². The van der Waals surface area contributed by atoms with E-state index < -0.39 is 0 Å². The third kappa shape index (κ3) is 4.00. The Morgan fingerprint density at radius 2 is 2.00 bits per heavy atom. The Kier molecular flexibility index (Phi) is 6.15. The largest absolute Gasteiger partial charge is 0.477 e. The first-order chi connectivity index (χ1) is 12.7. The average Bonchev–Trinajstić information content (AvgIpc) is 3.08. The predicted octanol–water partition coefficient (Wildman–Crippen LogP) is 5.15. The minimum absolute atomic E-state index is 0.0419. The lowest BCUT2D eigenvalue weighted by Gasteiger charge is -2.32. The Morgan fingerprint density at radius 3 is 2.77 bits per heavy atom. The molecule has 0 N–H and O–H groups in total. The van der Waals surface area contributed by atoms with E-state index in [9.17, 15) is 0 Å². The molecule has 2 aromatic carbocycles. The maximum absolute atomic E-state index is 8.94. The smallest absolute Gasteiger partial charge is 0.174 e. The van der Waals surface area contributed by atoms with Gasteiger partial charge in [-0.2, -0.15) is 10.5 Å². The van der Waals surface area contributed by atoms with Crippen LogP contribution < -0.4 is 9.64 Å². The standard InChI is InChI=1S/C21H20BrN3O/c22-18-7-3-6-17(15-18)19(8-1-2-11-23)25-13-10-16-5-4-9-20(21(16)25)26-14-12-24/h3-7,9,15,19H,1-2,8,10,13-14H2. The second-order valence-electron chi connectivity index (χ2n) is 6.28. The molecule has 5 heteroatoms. The van der Waals surface area contributed by atoms with Crippen LogP contribution in [0.2, 0.25) is 0 Å². The summed E-state index contributed by atoms with van der Waals surface area (Å²) in [4.78, 5) is 2.38. The Bertz CT molecular complexity index is 853. The molecule has 0 spiro atoms. The van der Waals surface area contributed by atoms with E-state index in [1.807, 2.05) is 30.3 Å². The van der Waals surface area contributed by atoms with Crippen molar-refractivity contribution in [2.75, 3.05) is 18.1 Å². The first-order valence-corrected chi connectivity index (χ1v) is 9.54. The molecule has 0 aromatic heterocycles. The zero-order chi connectivity index (χ0) is 18.4. The molecule has 26 heavy (non-hydrogen) atoms. The summed E-state index contributed by atoms with van der Waals surface area (Å²) >= 11 is 3.57. The van der Waals surface area contributed by atoms with Crippen LogP contribution in [0.3, 0.4) is 0 Å². The van der Waals surface area contributed by atoms with Crippen molar-refractivity contribution >= 4 is 21.6 Å². The van der Waals surface area contributed by atoms with Gasteiger partial charge in [-0.3, -0.25) is 0 Å². The molecule has 1 aliphatic heterocycles. The van der Waals surface area contributed by atoms with Gasteiger partial charge in [0.25, 0.3) is 0 Å². The molecular formula is C21H20BrN3O. The van der Waals surface area contributed by atoms with Gasteiger partial charge in [-0.1, -0.05) is 40.2 Å². The van der Waals surface area contributed by atoms with Crippen molar-refractivity contribution in [3.8, 4) is 17.9 Å². The van der Waals surface area contributed by atoms with Crippen molar-refractivity contribution in [3.05, 3.63) is 58.1 Å². The number of para-hydroxylation sites is 1. The highest BCUT2D eigenvalue weighted by Crippen LogP contribution is 2.43. The summed E-state index contributed by atoms with van der Waals surface area (Å²) in [5.74, 6) is 0.766. The summed E-state index contributed by atoms with van der Waals surface area (Å²) in [6.07, 6.45) is 3.26. The van der Waals surface area contributed by atoms with Gasteiger partial charge in [0.15, 0.2) is 6.61 Å². The van der Waals surface area contributed by atoms with Crippen molar-refractivity contribution in [1.82, 2.24) is 0 Å². The molecule has 132 valence electrons. The van der Waals surface area contributed by atoms with E-state index in [0.717, 1.165) is 41.7 Å². The molecule has 1 heterocycles. The lowest BCUT2D eigenvalue weighted by atomic mass is 9.99. The van der Waals surface area contributed by atoms with E-state index in [2.05, 4.69) is 45.1 Å². The molecule has 3 rings (SSSR count). The molecule has 2 aromatic rings. The Labute approximate surface area is 162 Å². The fraction of sp³-hybridized carbons (Fsp3) is 0.333. The van der Waals surface area contributed by atoms with Gasteiger partial charge in [-0.15, -0.1) is 0 Å². The highest BCUT2D eigenvalue weighted by atomic mass is 79.9. The zero-order valence-electron chi connectivity index (χ0n) is 14.5. The summed E-state index contributed by atoms with van der Waals surface area (Å²) < 4.78 is 6.75. The maximum Gasteiger partial charge on any atom is 0.174 e. The molecule has 1 unspecified atom stereocenters. The molecule has 0 saturated heterocycles. The van der Waals surface area contributed by atoms with Crippen LogP contribution in [0.15, 0.2) is 46.9 Å². The van der Waals surface area contributed by atoms with Gasteiger partial charge in [0.05, 0.1) is 17.8 Å². The topological polar surface area (TPSA) is 60.1 Å². The molecule has 0 radical (unpaired) electrons. The second-order valence-corrected chi connectivity index (χ2v) is 7.19. The van der Waals surface area contributed by atoms with Crippen molar-refractivity contribution < 1.29 is 4.74 Å². The quantitative estimate of drug-likeness (QED) is 0.593. The van der Waals surface area contributed by atoms with E-state index in [-0.39, 0.29) is 12.6 Å². The summed E-state index contributed by atoms with van der Waals surface area (Å²) in [6.45, 7) is 0.951. The second kappa shape index (κ2) is 8.74. The van der Waals surface area contributed by atoms with Crippen LogP contribution in [-0.2, 0) is 6.42 Å². The van der Waals surface area contributed by atoms with E-state index >= 15 is 0 Å². The third-order valence-corrected chi connectivity index (χ3v) is 5.15. The molecule has 1 aliphatic rings. The van der Waals surface area contributed by atoms with Gasteiger partial charge < -0.3 is 9.64 Å². The Balaban J connectivity index is 1.97. The molecule has 0 fully saturated rings. The monoisotopic (exact) mass is 409 g/mol. The van der Waals surface area contributed by atoms with Crippen LogP contribution in [0.25, 0.3) is 0 Å². The number of hydrogen-bond donors (Lipinski definition) is 0. The first-order valence-electron chi connectivity index (χ1n) is 8.75.